The number of thioether (sulfide) groups is 1. The summed E-state index contributed by atoms with van der Waals surface area (Å²) in [4.78, 5) is 19.7. The van der Waals surface area contributed by atoms with Crippen LogP contribution >= 0.6 is 43.6 Å². The molecule has 0 aliphatic heterocycles. The van der Waals surface area contributed by atoms with Crippen LogP contribution in [0.1, 0.15) is 0 Å². The molecular weight excluding hydrogens is 430 g/mol. The minimum Gasteiger partial charge on any atom is -0.333 e. The molecule has 22 heavy (non-hydrogen) atoms. The maximum Gasteiger partial charge on any atom is 0.234 e. The number of nitrogens with one attached hydrogen (secondary N) is 2. The third-order valence-electron chi connectivity index (χ3n) is 2.91. The highest BCUT2D eigenvalue weighted by Gasteiger charge is 2.09. The third-order valence-corrected chi connectivity index (χ3v) is 4.97. The fourth-order valence-corrected chi connectivity index (χ4v) is 3.30. The zero-order valence-electron chi connectivity index (χ0n) is 11.3. The Morgan fingerprint density at radius 1 is 1.23 bits per heavy atom. The number of halogens is 2. The number of nitrogens with zero attached hydrogens (tertiary/aromatic N) is 1. The Hall–Kier alpha value is -1.31. The summed E-state index contributed by atoms with van der Waals surface area (Å²) >= 11 is 8.18. The van der Waals surface area contributed by atoms with Gasteiger partial charge >= 0.3 is 0 Å². The van der Waals surface area contributed by atoms with Crippen LogP contribution in [0.15, 0.2) is 56.6 Å². The van der Waals surface area contributed by atoms with Crippen LogP contribution in [0.3, 0.4) is 0 Å². The molecule has 0 aliphatic carbocycles. The summed E-state index contributed by atoms with van der Waals surface area (Å²) in [5, 5.41) is 3.62. The number of para-hydroxylation sites is 2. The first-order chi connectivity index (χ1) is 10.6. The van der Waals surface area contributed by atoms with E-state index in [1.54, 1.807) is 0 Å². The predicted molar refractivity (Wildman–Crippen MR) is 97.3 cm³/mol. The van der Waals surface area contributed by atoms with E-state index in [4.69, 9.17) is 0 Å². The Morgan fingerprint density at radius 3 is 2.86 bits per heavy atom. The van der Waals surface area contributed by atoms with Gasteiger partial charge in [-0.3, -0.25) is 4.79 Å². The summed E-state index contributed by atoms with van der Waals surface area (Å²) in [7, 11) is 0. The van der Waals surface area contributed by atoms with E-state index in [1.165, 1.54) is 11.8 Å². The number of H-pyrrole nitrogens is 1. The second kappa shape index (κ2) is 6.85. The molecule has 1 aromatic heterocycles. The topological polar surface area (TPSA) is 57.8 Å². The molecule has 0 radical (unpaired) electrons. The molecule has 0 saturated carbocycles. The molecule has 0 atom stereocenters. The second-order valence-corrected chi connectivity index (χ2v) is 7.25. The molecule has 0 fully saturated rings. The summed E-state index contributed by atoms with van der Waals surface area (Å²) in [6.45, 7) is 0. The van der Waals surface area contributed by atoms with Gasteiger partial charge in [0.1, 0.15) is 0 Å². The molecule has 0 spiro atoms. The summed E-state index contributed by atoms with van der Waals surface area (Å²) in [6, 6.07) is 13.4. The predicted octanol–water partition coefficient (Wildman–Crippen LogP) is 4.82. The van der Waals surface area contributed by atoms with Gasteiger partial charge in [0, 0.05) is 8.95 Å². The molecule has 0 unspecified atom stereocenters. The van der Waals surface area contributed by atoms with Gasteiger partial charge in [0.05, 0.1) is 22.5 Å². The van der Waals surface area contributed by atoms with E-state index in [9.17, 15) is 4.79 Å². The first kappa shape index (κ1) is 15.6. The minimum atomic E-state index is -0.0794. The molecular formula is C15H11Br2N3OS. The van der Waals surface area contributed by atoms with Gasteiger partial charge in [-0.05, 0) is 46.3 Å². The highest BCUT2D eigenvalue weighted by molar-refractivity contribution is 9.11. The molecule has 3 rings (SSSR count). The van der Waals surface area contributed by atoms with Crippen molar-refractivity contribution < 1.29 is 4.79 Å². The fraction of sp³-hybridized carbons (Fsp3) is 0.0667. The van der Waals surface area contributed by atoms with Crippen molar-refractivity contribution in [3.63, 3.8) is 0 Å². The molecule has 1 amide bonds. The second-order valence-electron chi connectivity index (χ2n) is 4.52. The van der Waals surface area contributed by atoms with Crippen molar-refractivity contribution in [2.24, 2.45) is 0 Å². The van der Waals surface area contributed by atoms with E-state index in [0.717, 1.165) is 30.8 Å². The number of aromatic amines is 1. The Morgan fingerprint density at radius 2 is 2.05 bits per heavy atom. The number of anilines is 1. The van der Waals surface area contributed by atoms with Gasteiger partial charge in [-0.15, -0.1) is 0 Å². The Labute approximate surface area is 148 Å². The van der Waals surface area contributed by atoms with Crippen LogP contribution in [0, 0.1) is 0 Å². The van der Waals surface area contributed by atoms with Crippen LogP contribution in [0.5, 0.6) is 0 Å². The zero-order valence-corrected chi connectivity index (χ0v) is 15.3. The first-order valence-corrected chi connectivity index (χ1v) is 9.01. The summed E-state index contributed by atoms with van der Waals surface area (Å²) < 4.78 is 1.76. The van der Waals surface area contributed by atoms with Crippen LogP contribution in [-0.4, -0.2) is 21.6 Å². The van der Waals surface area contributed by atoms with Gasteiger partial charge in [-0.25, -0.2) is 4.98 Å². The number of carbonyl (C=O) groups is 1. The van der Waals surface area contributed by atoms with Crippen molar-refractivity contribution >= 4 is 66.2 Å². The Bertz CT molecular complexity index is 802. The van der Waals surface area contributed by atoms with Crippen molar-refractivity contribution in [1.29, 1.82) is 0 Å². The lowest BCUT2D eigenvalue weighted by Gasteiger charge is -2.07. The summed E-state index contributed by atoms with van der Waals surface area (Å²) in [6.07, 6.45) is 0. The van der Waals surface area contributed by atoms with E-state index in [1.807, 2.05) is 42.5 Å². The molecule has 1 heterocycles. The largest absolute Gasteiger partial charge is 0.333 e. The van der Waals surface area contributed by atoms with Crippen LogP contribution in [0.25, 0.3) is 11.0 Å². The van der Waals surface area contributed by atoms with Crippen molar-refractivity contribution in [3.05, 3.63) is 51.4 Å². The van der Waals surface area contributed by atoms with Gasteiger partial charge < -0.3 is 10.3 Å². The molecule has 112 valence electrons. The molecule has 0 saturated heterocycles. The maximum absolute atomic E-state index is 12.1. The number of carbonyl (C=O) groups excluding carboxylic acids is 1. The third kappa shape index (κ3) is 3.71. The molecule has 2 N–H and O–H groups in total. The minimum absolute atomic E-state index is 0.0794. The van der Waals surface area contributed by atoms with Gasteiger partial charge in [-0.1, -0.05) is 39.8 Å². The standard InChI is InChI=1S/C15H11Br2N3OS/c16-9-5-6-10(17)13(7-9)18-14(21)8-22-15-19-11-3-1-2-4-12(11)20-15/h1-7H,8H2,(H,18,21)(H,19,20). The van der Waals surface area contributed by atoms with Crippen LogP contribution in [0.2, 0.25) is 0 Å². The van der Waals surface area contributed by atoms with Crippen molar-refractivity contribution in [2.45, 2.75) is 5.16 Å². The molecule has 0 aliphatic rings. The van der Waals surface area contributed by atoms with Gasteiger partial charge in [0.15, 0.2) is 5.16 Å². The molecule has 2 aromatic carbocycles. The number of imidazole rings is 1. The van der Waals surface area contributed by atoms with Crippen molar-refractivity contribution in [1.82, 2.24) is 9.97 Å². The van der Waals surface area contributed by atoms with Crippen LogP contribution in [0.4, 0.5) is 5.69 Å². The number of hydrogen-bond acceptors (Lipinski definition) is 3. The van der Waals surface area contributed by atoms with E-state index >= 15 is 0 Å². The average molecular weight is 441 g/mol. The summed E-state index contributed by atoms with van der Waals surface area (Å²) in [5.41, 5.74) is 2.62. The summed E-state index contributed by atoms with van der Waals surface area (Å²) in [5.74, 6) is 0.211. The number of benzene rings is 2. The number of rotatable bonds is 4. The van der Waals surface area contributed by atoms with Gasteiger partial charge in [0.2, 0.25) is 5.91 Å². The molecule has 0 bridgehead atoms. The highest BCUT2D eigenvalue weighted by atomic mass is 79.9. The first-order valence-electron chi connectivity index (χ1n) is 6.44. The number of hydrogen-bond donors (Lipinski definition) is 2. The van der Waals surface area contributed by atoms with Crippen molar-refractivity contribution in [3.8, 4) is 0 Å². The number of fused-ring (bicyclic) bond motifs is 1. The zero-order chi connectivity index (χ0) is 15.5. The average Bonchev–Trinajstić information content (AvgIpc) is 2.92. The normalized spacial score (nSPS) is 10.8. The quantitative estimate of drug-likeness (QED) is 0.572. The highest BCUT2D eigenvalue weighted by Crippen LogP contribution is 2.26. The number of amides is 1. The van der Waals surface area contributed by atoms with Crippen LogP contribution < -0.4 is 5.32 Å². The van der Waals surface area contributed by atoms with Crippen LogP contribution in [-0.2, 0) is 4.79 Å². The number of aromatic nitrogens is 2. The Balaban J connectivity index is 1.63. The molecule has 3 aromatic rings. The Kier molecular flexibility index (Phi) is 4.85. The lowest BCUT2D eigenvalue weighted by molar-refractivity contribution is -0.113. The lowest BCUT2D eigenvalue weighted by atomic mass is 10.3. The maximum atomic E-state index is 12.1. The van der Waals surface area contributed by atoms with Crippen molar-refractivity contribution in [2.75, 3.05) is 11.1 Å². The molecule has 7 heteroatoms. The smallest absolute Gasteiger partial charge is 0.234 e. The van der Waals surface area contributed by atoms with Gasteiger partial charge in [-0.2, -0.15) is 0 Å². The van der Waals surface area contributed by atoms with E-state index in [0.29, 0.717) is 5.75 Å². The monoisotopic (exact) mass is 439 g/mol. The van der Waals surface area contributed by atoms with E-state index in [2.05, 4.69) is 47.1 Å². The SMILES string of the molecule is O=C(CSc1nc2ccccc2[nH]1)Nc1cc(Br)ccc1Br. The lowest BCUT2D eigenvalue weighted by Crippen LogP contribution is -2.14. The fourth-order valence-electron chi connectivity index (χ4n) is 1.91. The van der Waals surface area contributed by atoms with E-state index < -0.39 is 0 Å². The van der Waals surface area contributed by atoms with Gasteiger partial charge in [0.25, 0.3) is 0 Å². The molecule has 4 nitrogen and oxygen atoms in total. The van der Waals surface area contributed by atoms with E-state index in [-0.39, 0.29) is 5.91 Å².